The SMILES string of the molecule is O=[N+]([O-])c1ccc(N2CCN(CC(O)(Cn3cncn3)c3ccc(F)cc3F)CC2)c(F)c1. The number of benzene rings is 2. The lowest BCUT2D eigenvalue weighted by atomic mass is 9.92. The normalized spacial score (nSPS) is 16.5. The summed E-state index contributed by atoms with van der Waals surface area (Å²) in [5.41, 5.74) is -1.87. The molecule has 1 unspecified atom stereocenters. The Hall–Kier alpha value is -3.51. The number of anilines is 1. The van der Waals surface area contributed by atoms with E-state index >= 15 is 0 Å². The van der Waals surface area contributed by atoms with Crippen LogP contribution in [0.3, 0.4) is 0 Å². The van der Waals surface area contributed by atoms with E-state index in [4.69, 9.17) is 0 Å². The third-order valence-electron chi connectivity index (χ3n) is 5.66. The molecule has 1 fully saturated rings. The van der Waals surface area contributed by atoms with Gasteiger partial charge in [0, 0.05) is 50.4 Å². The highest BCUT2D eigenvalue weighted by Crippen LogP contribution is 2.29. The van der Waals surface area contributed by atoms with E-state index in [0.29, 0.717) is 26.2 Å². The van der Waals surface area contributed by atoms with Crippen molar-refractivity contribution in [1.29, 1.82) is 0 Å². The molecule has 0 spiro atoms. The molecular weight excluding hydrogens is 441 g/mol. The summed E-state index contributed by atoms with van der Waals surface area (Å²) in [5, 5.41) is 26.3. The van der Waals surface area contributed by atoms with E-state index in [1.165, 1.54) is 35.5 Å². The molecule has 1 aliphatic heterocycles. The van der Waals surface area contributed by atoms with Gasteiger partial charge in [-0.1, -0.05) is 6.07 Å². The molecule has 12 heteroatoms. The van der Waals surface area contributed by atoms with Gasteiger partial charge in [0.25, 0.3) is 5.69 Å². The van der Waals surface area contributed by atoms with Crippen LogP contribution in [0, 0.1) is 27.6 Å². The van der Waals surface area contributed by atoms with Gasteiger partial charge in [-0.05, 0) is 12.1 Å². The Kier molecular flexibility index (Phi) is 6.29. The molecule has 174 valence electrons. The molecule has 0 radical (unpaired) electrons. The number of aliphatic hydroxyl groups is 1. The van der Waals surface area contributed by atoms with Crippen LogP contribution in [0.2, 0.25) is 0 Å². The second-order valence-corrected chi connectivity index (χ2v) is 7.90. The molecule has 2 aromatic carbocycles. The summed E-state index contributed by atoms with van der Waals surface area (Å²) in [5.74, 6) is -2.31. The number of hydrogen-bond donors (Lipinski definition) is 1. The second-order valence-electron chi connectivity index (χ2n) is 7.90. The van der Waals surface area contributed by atoms with Gasteiger partial charge in [-0.2, -0.15) is 5.10 Å². The summed E-state index contributed by atoms with van der Waals surface area (Å²) in [4.78, 5) is 17.7. The van der Waals surface area contributed by atoms with Crippen LogP contribution in [0.15, 0.2) is 49.1 Å². The lowest BCUT2D eigenvalue weighted by Crippen LogP contribution is -2.52. The predicted molar refractivity (Wildman–Crippen MR) is 112 cm³/mol. The number of nitro benzene ring substituents is 1. The van der Waals surface area contributed by atoms with Gasteiger partial charge in [-0.15, -0.1) is 0 Å². The first-order valence-corrected chi connectivity index (χ1v) is 10.2. The Balaban J connectivity index is 1.50. The number of piperazine rings is 1. The molecule has 1 saturated heterocycles. The number of nitrogens with zero attached hydrogens (tertiary/aromatic N) is 6. The van der Waals surface area contributed by atoms with Crippen LogP contribution < -0.4 is 4.90 Å². The van der Waals surface area contributed by atoms with Gasteiger partial charge in [-0.3, -0.25) is 15.0 Å². The summed E-state index contributed by atoms with van der Waals surface area (Å²) in [6.07, 6.45) is 2.68. The fourth-order valence-electron chi connectivity index (χ4n) is 4.05. The molecule has 1 aromatic heterocycles. The van der Waals surface area contributed by atoms with E-state index in [1.54, 1.807) is 4.90 Å². The summed E-state index contributed by atoms with van der Waals surface area (Å²) < 4.78 is 43.8. The van der Waals surface area contributed by atoms with E-state index in [-0.39, 0.29) is 30.0 Å². The predicted octanol–water partition coefficient (Wildman–Crippen LogP) is 2.31. The lowest BCUT2D eigenvalue weighted by Gasteiger charge is -2.40. The first-order valence-electron chi connectivity index (χ1n) is 10.2. The standard InChI is InChI=1S/C21H21F3N6O3/c22-15-1-3-17(18(23)9-15)21(31,12-29-14-25-13-26-29)11-27-5-7-28(8-6-27)20-4-2-16(30(32)33)10-19(20)24/h1-4,9-10,13-14,31H,5-8,11-12H2. The van der Waals surface area contributed by atoms with Crippen LogP contribution in [-0.2, 0) is 12.1 Å². The Morgan fingerprint density at radius 1 is 1.03 bits per heavy atom. The number of hydrogen-bond acceptors (Lipinski definition) is 7. The number of halogens is 3. The Bertz CT molecular complexity index is 1140. The van der Waals surface area contributed by atoms with Crippen molar-refractivity contribution in [2.45, 2.75) is 12.1 Å². The van der Waals surface area contributed by atoms with Crippen molar-refractivity contribution in [3.63, 3.8) is 0 Å². The zero-order valence-electron chi connectivity index (χ0n) is 17.4. The maximum Gasteiger partial charge on any atom is 0.272 e. The highest BCUT2D eigenvalue weighted by atomic mass is 19.1. The summed E-state index contributed by atoms with van der Waals surface area (Å²) in [7, 11) is 0. The number of β-amino-alcohol motifs (C(OH)–C–C–N with tert-alkyl or cyclic N) is 1. The highest BCUT2D eigenvalue weighted by Gasteiger charge is 2.36. The molecule has 9 nitrogen and oxygen atoms in total. The average molecular weight is 462 g/mol. The lowest BCUT2D eigenvalue weighted by molar-refractivity contribution is -0.385. The van der Waals surface area contributed by atoms with Crippen molar-refractivity contribution >= 4 is 11.4 Å². The Morgan fingerprint density at radius 3 is 2.39 bits per heavy atom. The molecule has 0 saturated carbocycles. The van der Waals surface area contributed by atoms with Gasteiger partial charge in [0.15, 0.2) is 5.82 Å². The van der Waals surface area contributed by atoms with E-state index < -0.39 is 28.0 Å². The van der Waals surface area contributed by atoms with Crippen LogP contribution in [0.1, 0.15) is 5.56 Å². The molecule has 2 heterocycles. The van der Waals surface area contributed by atoms with E-state index in [9.17, 15) is 28.4 Å². The van der Waals surface area contributed by atoms with E-state index in [2.05, 4.69) is 10.1 Å². The van der Waals surface area contributed by atoms with Gasteiger partial charge in [-0.25, -0.2) is 22.8 Å². The van der Waals surface area contributed by atoms with Crippen molar-refractivity contribution in [3.8, 4) is 0 Å². The summed E-state index contributed by atoms with van der Waals surface area (Å²) in [6, 6.07) is 6.52. The first-order chi connectivity index (χ1) is 15.7. The van der Waals surface area contributed by atoms with E-state index in [1.807, 2.05) is 4.90 Å². The number of non-ortho nitro benzene ring substituents is 1. The maximum absolute atomic E-state index is 14.6. The average Bonchev–Trinajstić information content (AvgIpc) is 3.26. The largest absolute Gasteiger partial charge is 0.382 e. The smallest absolute Gasteiger partial charge is 0.272 e. The molecule has 0 amide bonds. The number of rotatable bonds is 7. The number of aromatic nitrogens is 3. The van der Waals surface area contributed by atoms with Gasteiger partial charge >= 0.3 is 0 Å². The molecule has 1 atom stereocenters. The summed E-state index contributed by atoms with van der Waals surface area (Å²) >= 11 is 0. The van der Waals surface area contributed by atoms with Crippen molar-refractivity contribution in [2.75, 3.05) is 37.6 Å². The van der Waals surface area contributed by atoms with Crippen LogP contribution in [-0.4, -0.2) is 62.4 Å². The monoisotopic (exact) mass is 462 g/mol. The minimum absolute atomic E-state index is 0.0198. The Morgan fingerprint density at radius 2 is 1.79 bits per heavy atom. The zero-order chi connectivity index (χ0) is 23.6. The van der Waals surface area contributed by atoms with Gasteiger partial charge in [0.05, 0.1) is 23.2 Å². The fourth-order valence-corrected chi connectivity index (χ4v) is 4.05. The molecular formula is C21H21F3N6O3. The third-order valence-corrected chi connectivity index (χ3v) is 5.66. The Labute approximate surface area is 186 Å². The molecule has 3 aromatic rings. The second kappa shape index (κ2) is 9.16. The maximum atomic E-state index is 14.6. The fraction of sp³-hybridized carbons (Fsp3) is 0.333. The van der Waals surface area contributed by atoms with E-state index in [0.717, 1.165) is 18.2 Å². The highest BCUT2D eigenvalue weighted by molar-refractivity contribution is 5.52. The quantitative estimate of drug-likeness (QED) is 0.425. The van der Waals surface area contributed by atoms with Gasteiger partial charge in [0.1, 0.15) is 29.9 Å². The minimum atomic E-state index is -1.73. The van der Waals surface area contributed by atoms with Crippen molar-refractivity contribution in [2.24, 2.45) is 0 Å². The topological polar surface area (TPSA) is 101 Å². The van der Waals surface area contributed by atoms with Gasteiger partial charge in [0.2, 0.25) is 0 Å². The molecule has 1 N–H and O–H groups in total. The van der Waals surface area contributed by atoms with Crippen LogP contribution >= 0.6 is 0 Å². The molecule has 33 heavy (non-hydrogen) atoms. The van der Waals surface area contributed by atoms with Gasteiger partial charge < -0.3 is 10.0 Å². The van der Waals surface area contributed by atoms with Crippen LogP contribution in [0.25, 0.3) is 0 Å². The third kappa shape index (κ3) is 4.96. The molecule has 4 rings (SSSR count). The number of nitro groups is 1. The van der Waals surface area contributed by atoms with Crippen LogP contribution in [0.4, 0.5) is 24.5 Å². The van der Waals surface area contributed by atoms with Crippen molar-refractivity contribution in [3.05, 3.63) is 82.2 Å². The molecule has 0 aliphatic carbocycles. The molecule has 1 aliphatic rings. The minimum Gasteiger partial charge on any atom is -0.382 e. The zero-order valence-corrected chi connectivity index (χ0v) is 17.4. The van der Waals surface area contributed by atoms with Crippen molar-refractivity contribution < 1.29 is 23.2 Å². The van der Waals surface area contributed by atoms with Crippen LogP contribution in [0.5, 0.6) is 0 Å². The van der Waals surface area contributed by atoms with Crippen molar-refractivity contribution in [1.82, 2.24) is 19.7 Å². The summed E-state index contributed by atoms with van der Waals surface area (Å²) in [6.45, 7) is 1.52. The molecule has 0 bridgehead atoms. The first kappa shape index (κ1) is 22.7.